The molecule has 12 unspecified atom stereocenters. The molecule has 4 aliphatic rings. The third-order valence-corrected chi connectivity index (χ3v) is 23.6. The van der Waals surface area contributed by atoms with Crippen molar-refractivity contribution < 1.29 is 84.3 Å². The third-order valence-electron chi connectivity index (χ3n) is 23.6. The van der Waals surface area contributed by atoms with Crippen LogP contribution < -0.4 is 21.7 Å². The lowest BCUT2D eigenvalue weighted by Crippen LogP contribution is -2.65. The second-order valence-corrected chi connectivity index (χ2v) is 32.5. The molecule has 2 saturated heterocycles. The largest absolute Gasteiger partial charge is 0.422 e. The summed E-state index contributed by atoms with van der Waals surface area (Å²) in [5.74, 6) is -13.3. The molecule has 2 aromatic rings. The molecule has 27 nitrogen and oxygen atoms in total. The Balaban J connectivity index is 1.27. The highest BCUT2D eigenvalue weighted by atomic mass is 19.4. The fraction of sp³-hybridized carbons (Fsp3) is 0.691. The van der Waals surface area contributed by atoms with E-state index in [0.717, 1.165) is 15.4 Å². The first kappa shape index (κ1) is 93.0. The summed E-state index contributed by atoms with van der Waals surface area (Å²) in [4.78, 5) is 203. The van der Waals surface area contributed by atoms with Crippen molar-refractivity contribution in [3.63, 3.8) is 0 Å². The summed E-state index contributed by atoms with van der Waals surface area (Å²) in [5.41, 5.74) is 3.64. The predicted octanol–water partition coefficient (Wildman–Crippen LogP) is 5.68. The first-order valence-corrected chi connectivity index (χ1v) is 39.8. The van der Waals surface area contributed by atoms with Gasteiger partial charge >= 0.3 is 6.18 Å². The molecule has 6 rings (SSSR count). The highest BCUT2D eigenvalue weighted by molar-refractivity contribution is 6.01. The summed E-state index contributed by atoms with van der Waals surface area (Å²) in [6.07, 6.45) is -1.82. The monoisotopic (exact) mass is 1590 g/mol. The molecule has 113 heavy (non-hydrogen) atoms. The highest BCUT2D eigenvalue weighted by Crippen LogP contribution is 2.39. The fourth-order valence-corrected chi connectivity index (χ4v) is 15.9. The van der Waals surface area contributed by atoms with Crippen molar-refractivity contribution in [3.05, 3.63) is 70.3 Å². The standard InChI is InChI=1S/C81H123F5N14O13/c1-19-49(7)66(87)76(110)94(15)51(9)71(105)100-40-36-59(100)75(109)98(21-3)62(44-52-32-30-48(6)31-33-52)74(108)93(14)46-63(101)88-57(35-34-53-42-55(82)65(56(83)43-53)81(84,85)86)72(106)99-39-26-29-58(99)70(104)90-80(37-24-25-38-80)79(113)97(18)68(54-27-22-23-28-54)78(112)96(17)61(73(107)91(10)11)45-64(102)95(16)60(41-47(4)5)69(103)89-67(50(8)20-2)77(111)92(12)13/h30-33,42-43,47,49-51,54,57-62,66-68H,19-29,34-41,44-46,87H2,1-18H3,(H,88,101)(H,89,103)(H,90,104). The van der Waals surface area contributed by atoms with E-state index < -0.39 is 192 Å². The van der Waals surface area contributed by atoms with E-state index in [9.17, 15) is 51.5 Å². The molecule has 5 N–H and O–H groups in total. The Kier molecular flexibility index (Phi) is 33.3. The molecule has 0 radical (unpaired) electrons. The Morgan fingerprint density at radius 1 is 0.611 bits per heavy atom. The summed E-state index contributed by atoms with van der Waals surface area (Å²) in [5, 5.41) is 8.50. The van der Waals surface area contributed by atoms with E-state index in [-0.39, 0.29) is 93.8 Å². The summed E-state index contributed by atoms with van der Waals surface area (Å²) in [6, 6.07) is -3.83. The minimum absolute atomic E-state index is 0.0241. The van der Waals surface area contributed by atoms with Crippen LogP contribution in [0.5, 0.6) is 0 Å². The fourth-order valence-electron chi connectivity index (χ4n) is 15.9. The maximum Gasteiger partial charge on any atom is 0.422 e. The number of likely N-dealkylation sites (tertiary alicyclic amines) is 2. The molecule has 2 saturated carbocycles. The van der Waals surface area contributed by atoms with Crippen LogP contribution in [0.2, 0.25) is 0 Å². The van der Waals surface area contributed by atoms with Crippen molar-refractivity contribution in [2.45, 2.75) is 250 Å². The van der Waals surface area contributed by atoms with Crippen LogP contribution in [-0.4, -0.2) is 281 Å². The second kappa shape index (κ2) is 40.4. The zero-order valence-corrected chi connectivity index (χ0v) is 69.3. The normalized spacial score (nSPS) is 18.8. The number of nitrogens with one attached hydrogen (secondary N) is 3. The molecule has 630 valence electrons. The van der Waals surface area contributed by atoms with Gasteiger partial charge in [0.1, 0.15) is 77.1 Å². The van der Waals surface area contributed by atoms with Crippen molar-refractivity contribution in [1.82, 2.24) is 64.9 Å². The average molecular weight is 1600 g/mol. The lowest BCUT2D eigenvalue weighted by Gasteiger charge is -2.45. The van der Waals surface area contributed by atoms with Gasteiger partial charge in [0.2, 0.25) is 76.8 Å². The number of hydrogen-bond donors (Lipinski definition) is 4. The Hall–Kier alpha value is -8.84. The number of rotatable bonds is 36. The van der Waals surface area contributed by atoms with Gasteiger partial charge in [0, 0.05) is 89.5 Å². The lowest BCUT2D eigenvalue weighted by atomic mass is 9.90. The van der Waals surface area contributed by atoms with Crippen molar-refractivity contribution >= 4 is 76.8 Å². The first-order chi connectivity index (χ1) is 52.9. The zero-order valence-electron chi connectivity index (χ0n) is 69.3. The molecule has 2 heterocycles. The van der Waals surface area contributed by atoms with Gasteiger partial charge in [-0.25, -0.2) is 8.78 Å². The number of carbonyl (C=O) groups excluding carboxylic acids is 13. The van der Waals surface area contributed by atoms with Gasteiger partial charge in [-0.2, -0.15) is 13.2 Å². The summed E-state index contributed by atoms with van der Waals surface area (Å²) in [6.45, 7) is 15.5. The first-order valence-electron chi connectivity index (χ1n) is 39.8. The molecule has 12 atom stereocenters. The topological polar surface area (TPSA) is 316 Å². The summed E-state index contributed by atoms with van der Waals surface area (Å²) < 4.78 is 71.9. The number of aryl methyl sites for hydroxylation is 2. The minimum Gasteiger partial charge on any atom is -0.347 e. The Bertz CT molecular complexity index is 3720. The SMILES string of the molecule is CCC(C)C(N)C(=O)N(C)C(C)C(=O)N1CCC1C(=O)N(CC)C(Cc1ccc(C)cc1)C(=O)N(C)CC(=O)NC(CCc1cc(F)c(C(F)(F)F)c(F)c1)C(=O)N1CCCC1C(=O)NC1(C(=O)N(C)C(C(=O)N(C)C(CC(=O)N(C)C(CC(C)C)C(=O)NC(C(=O)N(C)C)C(C)CC)C(=O)N(C)C)C2CCCC2)CCCC1. The number of hydrogen-bond acceptors (Lipinski definition) is 14. The molecule has 32 heteroatoms. The van der Waals surface area contributed by atoms with Crippen LogP contribution in [0.3, 0.4) is 0 Å². The number of carbonyl (C=O) groups is 13. The highest BCUT2D eigenvalue weighted by Gasteiger charge is 2.52. The van der Waals surface area contributed by atoms with Crippen LogP contribution in [0, 0.1) is 42.2 Å². The van der Waals surface area contributed by atoms with E-state index in [4.69, 9.17) is 5.73 Å². The molecule has 4 fully saturated rings. The van der Waals surface area contributed by atoms with Gasteiger partial charge in [-0.15, -0.1) is 0 Å². The van der Waals surface area contributed by atoms with Crippen molar-refractivity contribution in [2.24, 2.45) is 29.4 Å². The molecule has 0 bridgehead atoms. The maximum atomic E-state index is 15.6. The molecular formula is C81H123F5N14O13. The molecular weight excluding hydrogens is 1470 g/mol. The third kappa shape index (κ3) is 22.6. The number of amides is 13. The number of nitrogens with two attached hydrogens (primary N) is 1. The van der Waals surface area contributed by atoms with Crippen molar-refractivity contribution in [3.8, 4) is 0 Å². The van der Waals surface area contributed by atoms with Crippen molar-refractivity contribution in [1.29, 1.82) is 0 Å². The van der Waals surface area contributed by atoms with Gasteiger partial charge in [0.25, 0.3) is 0 Å². The van der Waals surface area contributed by atoms with Gasteiger partial charge in [-0.3, -0.25) is 62.3 Å². The molecule has 0 aromatic heterocycles. The molecule has 2 aromatic carbocycles. The molecule has 2 aliphatic carbocycles. The summed E-state index contributed by atoms with van der Waals surface area (Å²) >= 11 is 0. The summed E-state index contributed by atoms with van der Waals surface area (Å²) in [7, 11) is 13.1. The second-order valence-electron chi connectivity index (χ2n) is 32.5. The quantitative estimate of drug-likeness (QED) is 0.0597. The van der Waals surface area contributed by atoms with E-state index in [1.165, 1.54) is 95.5 Å². The Labute approximate surface area is 662 Å². The number of nitrogens with zero attached hydrogens (tertiary/aromatic N) is 10. The lowest BCUT2D eigenvalue weighted by molar-refractivity contribution is -0.160. The number of benzene rings is 2. The van der Waals surface area contributed by atoms with Gasteiger partial charge < -0.3 is 70.7 Å². The van der Waals surface area contributed by atoms with E-state index in [1.54, 1.807) is 33.2 Å². The molecule has 2 aliphatic heterocycles. The zero-order chi connectivity index (χ0) is 84.7. The molecule has 13 amide bonds. The average Bonchev–Trinajstić information content (AvgIpc) is 1.76. The maximum absolute atomic E-state index is 15.6. The van der Waals surface area contributed by atoms with E-state index >= 15 is 32.8 Å². The van der Waals surface area contributed by atoms with Crippen molar-refractivity contribution in [2.75, 3.05) is 89.6 Å². The van der Waals surface area contributed by atoms with Crippen LogP contribution in [-0.2, 0) is 81.3 Å². The van der Waals surface area contributed by atoms with Gasteiger partial charge in [0.15, 0.2) is 0 Å². The van der Waals surface area contributed by atoms with Crippen LogP contribution in [0.1, 0.15) is 180 Å². The van der Waals surface area contributed by atoms with Gasteiger partial charge in [0.05, 0.1) is 19.0 Å². The van der Waals surface area contributed by atoms with E-state index in [0.29, 0.717) is 69.1 Å². The van der Waals surface area contributed by atoms with Gasteiger partial charge in [-0.1, -0.05) is 110 Å². The number of halogens is 5. The van der Waals surface area contributed by atoms with Crippen LogP contribution >= 0.6 is 0 Å². The Morgan fingerprint density at radius 3 is 1.71 bits per heavy atom. The van der Waals surface area contributed by atoms with E-state index in [1.807, 2.05) is 60.6 Å². The Morgan fingerprint density at radius 2 is 1.19 bits per heavy atom. The van der Waals surface area contributed by atoms with Crippen LogP contribution in [0.25, 0.3) is 0 Å². The van der Waals surface area contributed by atoms with Crippen LogP contribution in [0.4, 0.5) is 22.0 Å². The number of likely N-dealkylation sites (N-methyl/N-ethyl adjacent to an activating group) is 8. The number of alkyl halides is 3. The van der Waals surface area contributed by atoms with Gasteiger partial charge in [-0.05, 0) is 132 Å². The van der Waals surface area contributed by atoms with Crippen LogP contribution in [0.15, 0.2) is 36.4 Å². The predicted molar refractivity (Wildman–Crippen MR) is 414 cm³/mol. The minimum atomic E-state index is -5.41. The molecule has 0 spiro atoms. The smallest absolute Gasteiger partial charge is 0.347 e. The van der Waals surface area contributed by atoms with E-state index in [2.05, 4.69) is 16.0 Å².